The zero-order chi connectivity index (χ0) is 14.4. The van der Waals surface area contributed by atoms with Crippen LogP contribution in [0.15, 0.2) is 27.2 Å². The molecule has 1 aromatic carbocycles. The maximum Gasteiger partial charge on any atom is 0.264 e. The molecule has 0 saturated heterocycles. The summed E-state index contributed by atoms with van der Waals surface area (Å²) in [5.74, 6) is 2.00. The average molecular weight is 340 g/mol. The quantitative estimate of drug-likeness (QED) is 0.839. The van der Waals surface area contributed by atoms with Gasteiger partial charge in [-0.05, 0) is 46.9 Å². The summed E-state index contributed by atoms with van der Waals surface area (Å²) >= 11 is 3.49. The molecule has 2 rings (SSSR count). The molecule has 20 heavy (non-hydrogen) atoms. The predicted octanol–water partition coefficient (Wildman–Crippen LogP) is 2.86. The van der Waals surface area contributed by atoms with Gasteiger partial charge < -0.3 is 15.0 Å². The first-order valence-electron chi connectivity index (χ1n) is 6.66. The molecule has 6 heteroatoms. The highest BCUT2D eigenvalue weighted by molar-refractivity contribution is 9.10. The van der Waals surface area contributed by atoms with E-state index in [2.05, 4.69) is 33.0 Å². The van der Waals surface area contributed by atoms with Crippen LogP contribution in [0.25, 0.3) is 0 Å². The van der Waals surface area contributed by atoms with Crippen LogP contribution in [0.3, 0.4) is 0 Å². The monoisotopic (exact) mass is 339 g/mol. The van der Waals surface area contributed by atoms with Gasteiger partial charge in [0.25, 0.3) is 5.89 Å². The third-order valence-corrected chi connectivity index (χ3v) is 3.41. The maximum atomic E-state index is 5.80. The lowest BCUT2D eigenvalue weighted by Gasteiger charge is -2.11. The number of nitrogens with zero attached hydrogens (tertiary/aromatic N) is 2. The second-order valence-corrected chi connectivity index (χ2v) is 5.26. The Kier molecular flexibility index (Phi) is 5.55. The summed E-state index contributed by atoms with van der Waals surface area (Å²) in [6, 6.07) is 5.91. The van der Waals surface area contributed by atoms with E-state index in [9.17, 15) is 0 Å². The van der Waals surface area contributed by atoms with Crippen molar-refractivity contribution >= 4 is 15.9 Å². The van der Waals surface area contributed by atoms with Gasteiger partial charge in [-0.3, -0.25) is 0 Å². The van der Waals surface area contributed by atoms with Gasteiger partial charge in [-0.25, -0.2) is 0 Å². The van der Waals surface area contributed by atoms with E-state index in [1.807, 2.05) is 18.2 Å². The highest BCUT2D eigenvalue weighted by Crippen LogP contribution is 2.30. The molecule has 0 saturated carbocycles. The maximum absolute atomic E-state index is 5.80. The number of hydrogen-bond donors (Lipinski definition) is 1. The number of hydrogen-bond acceptors (Lipinski definition) is 5. The highest BCUT2D eigenvalue weighted by atomic mass is 79.9. The lowest BCUT2D eigenvalue weighted by atomic mass is 10.1. The fourth-order valence-electron chi connectivity index (χ4n) is 1.88. The summed E-state index contributed by atoms with van der Waals surface area (Å²) in [5.41, 5.74) is 6.68. The summed E-state index contributed by atoms with van der Waals surface area (Å²) in [5, 5.41) is 3.90. The molecule has 0 aliphatic heterocycles. The molecular weight excluding hydrogens is 322 g/mol. The summed E-state index contributed by atoms with van der Waals surface area (Å²) in [4.78, 5) is 4.28. The highest BCUT2D eigenvalue weighted by Gasteiger charge is 2.11. The number of rotatable bonds is 7. The van der Waals surface area contributed by atoms with Crippen molar-refractivity contribution in [1.29, 1.82) is 0 Å². The van der Waals surface area contributed by atoms with Crippen molar-refractivity contribution in [3.05, 3.63) is 40.0 Å². The molecule has 2 N–H and O–H groups in total. The van der Waals surface area contributed by atoms with Gasteiger partial charge in [-0.2, -0.15) is 4.98 Å². The van der Waals surface area contributed by atoms with Gasteiger partial charge in [0.1, 0.15) is 5.75 Å². The van der Waals surface area contributed by atoms with Crippen molar-refractivity contribution < 1.29 is 9.26 Å². The molecule has 0 atom stereocenters. The van der Waals surface area contributed by atoms with Gasteiger partial charge in [-0.1, -0.05) is 24.2 Å². The van der Waals surface area contributed by atoms with Gasteiger partial charge in [0.15, 0.2) is 12.4 Å². The minimum atomic E-state index is 0.261. The van der Waals surface area contributed by atoms with E-state index in [-0.39, 0.29) is 6.61 Å². The van der Waals surface area contributed by atoms with Crippen LogP contribution < -0.4 is 10.5 Å². The van der Waals surface area contributed by atoms with Crippen LogP contribution in [0.1, 0.15) is 30.6 Å². The molecule has 0 aliphatic rings. The smallest absolute Gasteiger partial charge is 0.264 e. The van der Waals surface area contributed by atoms with Gasteiger partial charge in [0, 0.05) is 6.42 Å². The Morgan fingerprint density at radius 2 is 2.20 bits per heavy atom. The van der Waals surface area contributed by atoms with Crippen molar-refractivity contribution in [2.75, 3.05) is 6.54 Å². The molecule has 0 spiro atoms. The molecule has 0 aliphatic carbocycles. The molecule has 0 amide bonds. The summed E-state index contributed by atoms with van der Waals surface area (Å²) in [6.45, 7) is 2.91. The number of benzene rings is 1. The van der Waals surface area contributed by atoms with Crippen LogP contribution in [-0.4, -0.2) is 16.7 Å². The van der Waals surface area contributed by atoms with Crippen molar-refractivity contribution in [1.82, 2.24) is 10.1 Å². The molecule has 0 unspecified atom stereocenters. The van der Waals surface area contributed by atoms with Crippen LogP contribution in [0.5, 0.6) is 5.75 Å². The Labute approximate surface area is 126 Å². The number of nitrogens with two attached hydrogens (primary N) is 1. The fraction of sp³-hybridized carbons (Fsp3) is 0.429. The SMILES string of the molecule is CCCc1noc(COc2c(Br)cccc2CCN)n1. The molecular formula is C14H18BrN3O2. The third kappa shape index (κ3) is 3.80. The van der Waals surface area contributed by atoms with E-state index in [0.29, 0.717) is 12.4 Å². The Morgan fingerprint density at radius 3 is 2.95 bits per heavy atom. The minimum absolute atomic E-state index is 0.261. The van der Waals surface area contributed by atoms with E-state index in [4.69, 9.17) is 15.0 Å². The molecule has 108 valence electrons. The van der Waals surface area contributed by atoms with Gasteiger partial charge >= 0.3 is 0 Å². The lowest BCUT2D eigenvalue weighted by Crippen LogP contribution is -2.06. The zero-order valence-corrected chi connectivity index (χ0v) is 13.0. The number of ether oxygens (including phenoxy) is 1. The van der Waals surface area contributed by atoms with Crippen LogP contribution in [0.4, 0.5) is 0 Å². The Hall–Kier alpha value is -1.40. The zero-order valence-electron chi connectivity index (χ0n) is 11.4. The molecule has 0 fully saturated rings. The van der Waals surface area contributed by atoms with Gasteiger partial charge in [0.2, 0.25) is 0 Å². The summed E-state index contributed by atoms with van der Waals surface area (Å²) < 4.78 is 11.9. The first kappa shape index (κ1) is 15.0. The number of para-hydroxylation sites is 1. The van der Waals surface area contributed by atoms with E-state index in [1.54, 1.807) is 0 Å². The van der Waals surface area contributed by atoms with Crippen molar-refractivity contribution in [3.63, 3.8) is 0 Å². The van der Waals surface area contributed by atoms with Gasteiger partial charge in [-0.15, -0.1) is 0 Å². The number of aromatic nitrogens is 2. The molecule has 0 bridgehead atoms. The summed E-state index contributed by atoms with van der Waals surface area (Å²) in [7, 11) is 0. The van der Waals surface area contributed by atoms with E-state index < -0.39 is 0 Å². The topological polar surface area (TPSA) is 74.2 Å². The second-order valence-electron chi connectivity index (χ2n) is 4.41. The fourth-order valence-corrected chi connectivity index (χ4v) is 2.40. The Balaban J connectivity index is 2.05. The molecule has 2 aromatic rings. The number of halogens is 1. The van der Waals surface area contributed by atoms with E-state index in [1.165, 1.54) is 0 Å². The van der Waals surface area contributed by atoms with E-state index in [0.717, 1.165) is 40.9 Å². The van der Waals surface area contributed by atoms with Crippen LogP contribution in [-0.2, 0) is 19.4 Å². The average Bonchev–Trinajstić information content (AvgIpc) is 2.87. The minimum Gasteiger partial charge on any atom is -0.482 e. The van der Waals surface area contributed by atoms with Crippen LogP contribution in [0, 0.1) is 0 Å². The first-order chi connectivity index (χ1) is 9.74. The van der Waals surface area contributed by atoms with Gasteiger partial charge in [0.05, 0.1) is 4.47 Å². The molecule has 0 radical (unpaired) electrons. The molecule has 5 nitrogen and oxygen atoms in total. The standard InChI is InChI=1S/C14H18BrN3O2/c1-2-4-12-17-13(20-18-12)9-19-14-10(7-8-16)5-3-6-11(14)15/h3,5-6H,2,4,7-9,16H2,1H3. The first-order valence-corrected chi connectivity index (χ1v) is 7.45. The van der Waals surface area contributed by atoms with Crippen molar-refractivity contribution in [2.24, 2.45) is 5.73 Å². The van der Waals surface area contributed by atoms with Crippen LogP contribution >= 0.6 is 15.9 Å². The summed E-state index contributed by atoms with van der Waals surface area (Å²) in [6.07, 6.45) is 2.57. The van der Waals surface area contributed by atoms with Crippen molar-refractivity contribution in [3.8, 4) is 5.75 Å². The molecule has 1 heterocycles. The largest absolute Gasteiger partial charge is 0.482 e. The predicted molar refractivity (Wildman–Crippen MR) is 79.5 cm³/mol. The lowest BCUT2D eigenvalue weighted by molar-refractivity contribution is 0.239. The number of aryl methyl sites for hydroxylation is 1. The Morgan fingerprint density at radius 1 is 1.35 bits per heavy atom. The van der Waals surface area contributed by atoms with E-state index >= 15 is 0 Å². The second kappa shape index (κ2) is 7.40. The van der Waals surface area contributed by atoms with Crippen LogP contribution in [0.2, 0.25) is 0 Å². The molecule has 1 aromatic heterocycles. The Bertz CT molecular complexity index is 557. The van der Waals surface area contributed by atoms with Crippen molar-refractivity contribution in [2.45, 2.75) is 32.8 Å². The third-order valence-electron chi connectivity index (χ3n) is 2.79. The normalized spacial score (nSPS) is 10.8.